The molecule has 0 aliphatic carbocycles. The van der Waals surface area contributed by atoms with Crippen molar-refractivity contribution in [1.82, 2.24) is 0 Å². The molecule has 21 heavy (non-hydrogen) atoms. The summed E-state index contributed by atoms with van der Waals surface area (Å²) in [5.74, 6) is 0.908. The molecule has 1 unspecified atom stereocenters. The second-order valence-corrected chi connectivity index (χ2v) is 8.05. The molecule has 0 saturated carbocycles. The van der Waals surface area contributed by atoms with Gasteiger partial charge in [0, 0.05) is 30.7 Å². The largest absolute Gasteiger partial charge is 0.362 e. The Kier molecular flexibility index (Phi) is 4.77. The lowest BCUT2D eigenvalue weighted by molar-refractivity contribution is -0.384. The zero-order valence-corrected chi connectivity index (χ0v) is 13.6. The van der Waals surface area contributed by atoms with E-state index in [2.05, 4.69) is 0 Å². The summed E-state index contributed by atoms with van der Waals surface area (Å²) in [7, 11) is -3.45. The van der Waals surface area contributed by atoms with E-state index in [4.69, 9.17) is 0 Å². The van der Waals surface area contributed by atoms with Crippen molar-refractivity contribution in [2.75, 3.05) is 29.7 Å². The highest BCUT2D eigenvalue weighted by Crippen LogP contribution is 2.35. The van der Waals surface area contributed by atoms with E-state index < -0.39 is 14.8 Å². The Morgan fingerprint density at radius 1 is 1.48 bits per heavy atom. The van der Waals surface area contributed by atoms with E-state index in [1.54, 1.807) is 17.8 Å². The van der Waals surface area contributed by atoms with Gasteiger partial charge in [-0.05, 0) is 31.2 Å². The monoisotopic (exact) mass is 330 g/mol. The summed E-state index contributed by atoms with van der Waals surface area (Å²) in [6.45, 7) is 0.768. The van der Waals surface area contributed by atoms with Crippen LogP contribution in [0.15, 0.2) is 23.1 Å². The number of nitro groups is 1. The van der Waals surface area contributed by atoms with Gasteiger partial charge in [-0.3, -0.25) is 10.1 Å². The fourth-order valence-electron chi connectivity index (χ4n) is 2.64. The first-order chi connectivity index (χ1) is 9.84. The molecule has 0 radical (unpaired) electrons. The average Bonchev–Trinajstić information content (AvgIpc) is 2.85. The molecular formula is C13H18N2O4S2. The Morgan fingerprint density at radius 3 is 2.76 bits per heavy atom. The van der Waals surface area contributed by atoms with Crippen molar-refractivity contribution < 1.29 is 13.3 Å². The van der Waals surface area contributed by atoms with Gasteiger partial charge < -0.3 is 4.90 Å². The maximum absolute atomic E-state index is 11.6. The molecular weight excluding hydrogens is 312 g/mol. The van der Waals surface area contributed by atoms with Gasteiger partial charge >= 0.3 is 0 Å². The van der Waals surface area contributed by atoms with E-state index in [1.807, 2.05) is 11.2 Å². The number of rotatable bonds is 5. The summed E-state index contributed by atoms with van der Waals surface area (Å²) >= 11 is 1.71. The van der Waals surface area contributed by atoms with Gasteiger partial charge in [0.05, 0.1) is 9.82 Å². The molecule has 0 amide bonds. The van der Waals surface area contributed by atoms with Gasteiger partial charge in [-0.25, -0.2) is 8.42 Å². The predicted molar refractivity (Wildman–Crippen MR) is 85.0 cm³/mol. The first-order valence-corrected chi connectivity index (χ1v) is 9.87. The first kappa shape index (κ1) is 16.1. The smallest absolute Gasteiger partial charge is 0.293 e. The van der Waals surface area contributed by atoms with Crippen molar-refractivity contribution >= 4 is 33.0 Å². The van der Waals surface area contributed by atoms with Gasteiger partial charge in [-0.15, -0.1) is 0 Å². The van der Waals surface area contributed by atoms with E-state index >= 15 is 0 Å². The van der Waals surface area contributed by atoms with Crippen LogP contribution >= 0.6 is 11.8 Å². The minimum Gasteiger partial charge on any atom is -0.362 e. The van der Waals surface area contributed by atoms with Gasteiger partial charge in [-0.1, -0.05) is 0 Å². The summed E-state index contributed by atoms with van der Waals surface area (Å²) in [4.78, 5) is 12.8. The van der Waals surface area contributed by atoms with Gasteiger partial charge in [0.15, 0.2) is 9.84 Å². The number of hydrogen-bond donors (Lipinski definition) is 0. The molecule has 1 aliphatic heterocycles. The third kappa shape index (κ3) is 3.49. The molecule has 1 aliphatic rings. The van der Waals surface area contributed by atoms with Gasteiger partial charge in [0.1, 0.15) is 5.69 Å². The summed E-state index contributed by atoms with van der Waals surface area (Å²) in [5, 5.41) is 11.3. The standard InChI is InChI=1S/C13H18N2O4S2/c1-20-9-10-4-3-7-14(10)12-6-5-11(21(2,18)19)8-13(12)15(16)17/h5-6,8,10H,3-4,7,9H2,1-2H3. The van der Waals surface area contributed by atoms with Crippen molar-refractivity contribution in [1.29, 1.82) is 0 Å². The summed E-state index contributed by atoms with van der Waals surface area (Å²) in [6.07, 6.45) is 5.07. The van der Waals surface area contributed by atoms with Crippen molar-refractivity contribution in [3.05, 3.63) is 28.3 Å². The molecule has 1 fully saturated rings. The Morgan fingerprint density at radius 2 is 2.19 bits per heavy atom. The Hall–Kier alpha value is -1.28. The van der Waals surface area contributed by atoms with Crippen LogP contribution in [-0.2, 0) is 9.84 Å². The second-order valence-electron chi connectivity index (χ2n) is 5.12. The predicted octanol–water partition coefficient (Wildman–Crippen LogP) is 2.33. The van der Waals surface area contributed by atoms with Crippen LogP contribution in [0, 0.1) is 10.1 Å². The van der Waals surface area contributed by atoms with Crippen LogP contribution in [0.4, 0.5) is 11.4 Å². The minimum atomic E-state index is -3.45. The van der Waals surface area contributed by atoms with E-state index in [0.29, 0.717) is 5.69 Å². The third-order valence-electron chi connectivity index (χ3n) is 3.62. The van der Waals surface area contributed by atoms with Gasteiger partial charge in [0.2, 0.25) is 0 Å². The fourth-order valence-corrected chi connectivity index (χ4v) is 4.01. The molecule has 1 saturated heterocycles. The molecule has 116 valence electrons. The topological polar surface area (TPSA) is 80.5 Å². The van der Waals surface area contributed by atoms with Crippen molar-refractivity contribution in [3.8, 4) is 0 Å². The Bertz CT molecular complexity index is 646. The third-order valence-corrected chi connectivity index (χ3v) is 5.45. The molecule has 2 rings (SSSR count). The number of hydrogen-bond acceptors (Lipinski definition) is 6. The molecule has 1 atom stereocenters. The van der Waals surface area contributed by atoms with E-state index in [0.717, 1.165) is 31.4 Å². The molecule has 0 aromatic heterocycles. The lowest BCUT2D eigenvalue weighted by Crippen LogP contribution is -2.31. The summed E-state index contributed by atoms with van der Waals surface area (Å²) in [5.41, 5.74) is 0.384. The van der Waals surface area contributed by atoms with E-state index in [1.165, 1.54) is 12.1 Å². The molecule has 1 heterocycles. The van der Waals surface area contributed by atoms with Crippen LogP contribution in [0.3, 0.4) is 0 Å². The van der Waals surface area contributed by atoms with Crippen LogP contribution in [0.25, 0.3) is 0 Å². The fraction of sp³-hybridized carbons (Fsp3) is 0.538. The first-order valence-electron chi connectivity index (χ1n) is 6.58. The maximum atomic E-state index is 11.6. The lowest BCUT2D eigenvalue weighted by Gasteiger charge is -2.26. The van der Waals surface area contributed by atoms with Crippen LogP contribution in [0.5, 0.6) is 0 Å². The van der Waals surface area contributed by atoms with Crippen molar-refractivity contribution in [2.45, 2.75) is 23.8 Å². The molecule has 0 N–H and O–H groups in total. The van der Waals surface area contributed by atoms with Gasteiger partial charge in [0.25, 0.3) is 5.69 Å². The highest BCUT2D eigenvalue weighted by atomic mass is 32.2. The number of thioether (sulfide) groups is 1. The molecule has 0 spiro atoms. The quantitative estimate of drug-likeness (QED) is 0.609. The number of anilines is 1. The van der Waals surface area contributed by atoms with Crippen molar-refractivity contribution in [3.63, 3.8) is 0 Å². The molecule has 1 aromatic carbocycles. The Labute approximate surface area is 128 Å². The van der Waals surface area contributed by atoms with Gasteiger partial charge in [-0.2, -0.15) is 11.8 Å². The Balaban J connectivity index is 2.46. The average molecular weight is 330 g/mol. The molecule has 0 bridgehead atoms. The highest BCUT2D eigenvalue weighted by Gasteiger charge is 2.30. The summed E-state index contributed by atoms with van der Waals surface area (Å²) in [6, 6.07) is 4.45. The number of nitro benzene ring substituents is 1. The van der Waals surface area contributed by atoms with Crippen LogP contribution in [0.1, 0.15) is 12.8 Å². The van der Waals surface area contributed by atoms with E-state index in [9.17, 15) is 18.5 Å². The highest BCUT2D eigenvalue weighted by molar-refractivity contribution is 7.98. The number of benzene rings is 1. The molecule has 1 aromatic rings. The lowest BCUT2D eigenvalue weighted by atomic mass is 10.2. The van der Waals surface area contributed by atoms with Crippen LogP contribution < -0.4 is 4.90 Å². The molecule has 6 nitrogen and oxygen atoms in total. The molecule has 8 heteroatoms. The van der Waals surface area contributed by atoms with Crippen LogP contribution in [-0.4, -0.2) is 44.2 Å². The maximum Gasteiger partial charge on any atom is 0.293 e. The number of nitrogens with zero attached hydrogens (tertiary/aromatic N) is 2. The zero-order chi connectivity index (χ0) is 15.6. The van der Waals surface area contributed by atoms with Crippen LogP contribution in [0.2, 0.25) is 0 Å². The van der Waals surface area contributed by atoms with E-state index in [-0.39, 0.29) is 16.6 Å². The number of sulfone groups is 1. The van der Waals surface area contributed by atoms with Crippen molar-refractivity contribution in [2.24, 2.45) is 0 Å². The second kappa shape index (κ2) is 6.23. The zero-order valence-electron chi connectivity index (χ0n) is 12.0. The normalized spacial score (nSPS) is 19.0. The minimum absolute atomic E-state index is 0.0152. The summed E-state index contributed by atoms with van der Waals surface area (Å²) < 4.78 is 23.1. The SMILES string of the molecule is CSCC1CCCN1c1ccc(S(C)(=O)=O)cc1[N+](=O)[O-].